The second kappa shape index (κ2) is 13.6. The number of rotatable bonds is 9. The molecule has 0 bridgehead atoms. The minimum absolute atomic E-state index is 0.203. The molecule has 6 N–H and O–H groups in total. The molecule has 0 spiro atoms. The molecule has 0 aliphatic carbocycles. The Morgan fingerprint density at radius 3 is 1.43 bits per heavy atom. The topological polar surface area (TPSA) is 110 Å². The van der Waals surface area contributed by atoms with Crippen LogP contribution in [0.25, 0.3) is 0 Å². The molecule has 0 unspecified atom stereocenters. The molecule has 122 valence electrons. The summed E-state index contributed by atoms with van der Waals surface area (Å²) < 4.78 is 0. The third-order valence-electron chi connectivity index (χ3n) is 2.79. The number of aromatic hydroxyl groups is 1. The lowest BCUT2D eigenvalue weighted by Crippen LogP contribution is -2.28. The van der Waals surface area contributed by atoms with Crippen LogP contribution in [0.1, 0.15) is 19.3 Å². The van der Waals surface area contributed by atoms with E-state index >= 15 is 0 Å². The van der Waals surface area contributed by atoms with E-state index in [2.05, 4.69) is 4.90 Å². The minimum atomic E-state index is 0.203. The molecule has 0 aliphatic rings. The number of nitrogens with zero attached hydrogens (tertiary/aromatic N) is 1. The Hall–Kier alpha value is -1.34. The summed E-state index contributed by atoms with van der Waals surface area (Å²) in [6.45, 7) is 3.14. The summed E-state index contributed by atoms with van der Waals surface area (Å²) >= 11 is 0. The highest BCUT2D eigenvalue weighted by molar-refractivity contribution is 5.40. The van der Waals surface area contributed by atoms with E-state index in [0.29, 0.717) is 5.69 Å². The summed E-state index contributed by atoms with van der Waals surface area (Å²) in [6, 6.07) is 6.40. The molecular weight excluding hydrogens is 272 g/mol. The number of anilines is 1. The van der Waals surface area contributed by atoms with Crippen molar-refractivity contribution in [2.24, 2.45) is 0 Å². The fourth-order valence-corrected chi connectivity index (χ4v) is 1.69. The number of hydrogen-bond acceptors (Lipinski definition) is 6. The summed E-state index contributed by atoms with van der Waals surface area (Å²) in [7, 11) is 0. The Labute approximate surface area is 126 Å². The maximum absolute atomic E-state index is 8.70. The monoisotopic (exact) mass is 300 g/mol. The number of hydrogen-bond donors (Lipinski definition) is 5. The van der Waals surface area contributed by atoms with Crippen LogP contribution >= 0.6 is 0 Å². The molecule has 1 rings (SSSR count). The third kappa shape index (κ3) is 12.1. The summed E-state index contributed by atoms with van der Waals surface area (Å²) in [5.41, 5.74) is 5.98. The van der Waals surface area contributed by atoms with E-state index in [1.54, 1.807) is 24.3 Å². The largest absolute Gasteiger partial charge is 0.508 e. The van der Waals surface area contributed by atoms with Crippen LogP contribution < -0.4 is 5.73 Å². The summed E-state index contributed by atoms with van der Waals surface area (Å²) in [5.74, 6) is 0.249. The first kappa shape index (κ1) is 19.7. The molecule has 0 saturated heterocycles. The van der Waals surface area contributed by atoms with Gasteiger partial charge in [-0.05, 0) is 43.5 Å². The van der Waals surface area contributed by atoms with Gasteiger partial charge in [-0.15, -0.1) is 0 Å². The van der Waals surface area contributed by atoms with Crippen LogP contribution in [-0.4, -0.2) is 64.8 Å². The average molecular weight is 300 g/mol. The number of aliphatic hydroxyl groups is 3. The molecular formula is C15H28N2O4. The first-order chi connectivity index (χ1) is 10.1. The van der Waals surface area contributed by atoms with E-state index in [-0.39, 0.29) is 25.6 Å². The van der Waals surface area contributed by atoms with Crippen molar-refractivity contribution < 1.29 is 20.4 Å². The minimum Gasteiger partial charge on any atom is -0.508 e. The van der Waals surface area contributed by atoms with E-state index in [0.717, 1.165) is 38.9 Å². The molecule has 0 amide bonds. The molecule has 0 fully saturated rings. The maximum Gasteiger partial charge on any atom is 0.115 e. The molecule has 1 aromatic rings. The molecule has 1 aromatic carbocycles. The summed E-state index contributed by atoms with van der Waals surface area (Å²) in [6.07, 6.45) is 2.28. The second-order valence-electron chi connectivity index (χ2n) is 4.66. The van der Waals surface area contributed by atoms with E-state index in [1.807, 2.05) is 0 Å². The smallest absolute Gasteiger partial charge is 0.115 e. The van der Waals surface area contributed by atoms with Crippen LogP contribution in [0.4, 0.5) is 5.69 Å². The molecule has 0 saturated carbocycles. The van der Waals surface area contributed by atoms with Gasteiger partial charge in [0.15, 0.2) is 0 Å². The number of nitrogens with two attached hydrogens (primary N) is 1. The van der Waals surface area contributed by atoms with Gasteiger partial charge in [-0.2, -0.15) is 0 Å². The summed E-state index contributed by atoms with van der Waals surface area (Å²) in [5, 5.41) is 34.6. The van der Waals surface area contributed by atoms with Gasteiger partial charge in [0.2, 0.25) is 0 Å². The van der Waals surface area contributed by atoms with Crippen molar-refractivity contribution in [3.63, 3.8) is 0 Å². The van der Waals surface area contributed by atoms with E-state index in [1.165, 1.54) is 0 Å². The van der Waals surface area contributed by atoms with Crippen LogP contribution in [0.2, 0.25) is 0 Å². The lowest BCUT2D eigenvalue weighted by Gasteiger charge is -2.20. The standard InChI is InChI=1S/C9H21NO3.C6H7NO/c11-7-1-4-10(5-2-8-12)6-3-9-13;7-5-1-3-6(8)4-2-5/h11-13H,1-9H2;1-4,8H,7H2. The summed E-state index contributed by atoms with van der Waals surface area (Å²) in [4.78, 5) is 2.16. The van der Waals surface area contributed by atoms with Crippen molar-refractivity contribution >= 4 is 5.69 Å². The lowest BCUT2D eigenvalue weighted by molar-refractivity contribution is 0.185. The van der Waals surface area contributed by atoms with Gasteiger partial charge in [-0.25, -0.2) is 0 Å². The number of benzene rings is 1. The Balaban J connectivity index is 0.000000423. The Morgan fingerprint density at radius 2 is 1.14 bits per heavy atom. The van der Waals surface area contributed by atoms with Crippen molar-refractivity contribution in [1.29, 1.82) is 0 Å². The SMILES string of the molecule is Nc1ccc(O)cc1.OCCCN(CCCO)CCCO. The van der Waals surface area contributed by atoms with Gasteiger partial charge < -0.3 is 31.1 Å². The van der Waals surface area contributed by atoms with Crippen LogP contribution in [0.3, 0.4) is 0 Å². The van der Waals surface area contributed by atoms with Crippen molar-refractivity contribution in [2.45, 2.75) is 19.3 Å². The fourth-order valence-electron chi connectivity index (χ4n) is 1.69. The van der Waals surface area contributed by atoms with Crippen molar-refractivity contribution in [3.8, 4) is 5.75 Å². The molecule has 0 radical (unpaired) electrons. The van der Waals surface area contributed by atoms with E-state index in [4.69, 9.17) is 26.2 Å². The zero-order valence-corrected chi connectivity index (χ0v) is 12.5. The molecule has 0 aliphatic heterocycles. The first-order valence-electron chi connectivity index (χ1n) is 7.23. The Kier molecular flexibility index (Phi) is 12.8. The molecule has 0 atom stereocenters. The molecule has 21 heavy (non-hydrogen) atoms. The van der Waals surface area contributed by atoms with Crippen LogP contribution in [-0.2, 0) is 0 Å². The fraction of sp³-hybridized carbons (Fsp3) is 0.600. The second-order valence-corrected chi connectivity index (χ2v) is 4.66. The number of nitrogen functional groups attached to an aromatic ring is 1. The third-order valence-corrected chi connectivity index (χ3v) is 2.79. The van der Waals surface area contributed by atoms with Gasteiger partial charge in [0.05, 0.1) is 0 Å². The molecule has 0 aromatic heterocycles. The van der Waals surface area contributed by atoms with Gasteiger partial charge >= 0.3 is 0 Å². The van der Waals surface area contributed by atoms with E-state index in [9.17, 15) is 0 Å². The number of phenols is 1. The highest BCUT2D eigenvalue weighted by Crippen LogP contribution is 2.09. The zero-order valence-electron chi connectivity index (χ0n) is 12.5. The normalized spacial score (nSPS) is 10.3. The average Bonchev–Trinajstić information content (AvgIpc) is 2.50. The predicted molar refractivity (Wildman–Crippen MR) is 84.1 cm³/mol. The molecule has 6 nitrogen and oxygen atoms in total. The predicted octanol–water partition coefficient (Wildman–Crippen LogP) is 0.410. The van der Waals surface area contributed by atoms with Crippen molar-refractivity contribution in [2.75, 3.05) is 45.2 Å². The van der Waals surface area contributed by atoms with Gasteiger partial charge in [-0.1, -0.05) is 0 Å². The zero-order chi connectivity index (χ0) is 15.9. The van der Waals surface area contributed by atoms with Gasteiger partial charge in [0.1, 0.15) is 5.75 Å². The van der Waals surface area contributed by atoms with Crippen molar-refractivity contribution in [1.82, 2.24) is 4.90 Å². The van der Waals surface area contributed by atoms with Gasteiger partial charge in [0.25, 0.3) is 0 Å². The Morgan fingerprint density at radius 1 is 0.762 bits per heavy atom. The van der Waals surface area contributed by atoms with Crippen LogP contribution in [0.5, 0.6) is 5.75 Å². The number of phenolic OH excluding ortho intramolecular Hbond substituents is 1. The van der Waals surface area contributed by atoms with E-state index < -0.39 is 0 Å². The lowest BCUT2D eigenvalue weighted by atomic mass is 10.3. The molecule has 6 heteroatoms. The first-order valence-corrected chi connectivity index (χ1v) is 7.23. The maximum atomic E-state index is 8.70. The highest BCUT2D eigenvalue weighted by atomic mass is 16.3. The van der Waals surface area contributed by atoms with Gasteiger partial charge in [0, 0.05) is 45.1 Å². The van der Waals surface area contributed by atoms with Crippen LogP contribution in [0, 0.1) is 0 Å². The quantitative estimate of drug-likeness (QED) is 0.334. The highest BCUT2D eigenvalue weighted by Gasteiger charge is 2.02. The Bertz CT molecular complexity index is 293. The van der Waals surface area contributed by atoms with Crippen LogP contribution in [0.15, 0.2) is 24.3 Å². The number of aliphatic hydroxyl groups excluding tert-OH is 3. The molecule has 0 heterocycles. The van der Waals surface area contributed by atoms with Crippen molar-refractivity contribution in [3.05, 3.63) is 24.3 Å². The van der Waals surface area contributed by atoms with Gasteiger partial charge in [-0.3, -0.25) is 0 Å².